The van der Waals surface area contributed by atoms with E-state index in [1.807, 2.05) is 18.2 Å². The Morgan fingerprint density at radius 3 is 3.00 bits per heavy atom. The van der Waals surface area contributed by atoms with Crippen LogP contribution < -0.4 is 5.32 Å². The second kappa shape index (κ2) is 4.49. The number of fused-ring (bicyclic) bond motifs is 1. The van der Waals surface area contributed by atoms with Crippen LogP contribution in [0.15, 0.2) is 24.5 Å². The van der Waals surface area contributed by atoms with Crippen molar-refractivity contribution >= 4 is 28.3 Å². The fourth-order valence-corrected chi connectivity index (χ4v) is 2.14. The van der Waals surface area contributed by atoms with Gasteiger partial charge in [0.25, 0.3) is 0 Å². The van der Waals surface area contributed by atoms with Crippen LogP contribution in [0.2, 0.25) is 5.02 Å². The minimum atomic E-state index is 0.708. The molecule has 0 bridgehead atoms. The van der Waals surface area contributed by atoms with Crippen molar-refractivity contribution < 1.29 is 0 Å². The Kier molecular flexibility index (Phi) is 2.85. The average molecular weight is 248 g/mol. The van der Waals surface area contributed by atoms with E-state index in [4.69, 9.17) is 11.6 Å². The third-order valence-corrected chi connectivity index (χ3v) is 3.38. The largest absolute Gasteiger partial charge is 0.369 e. The maximum absolute atomic E-state index is 5.94. The van der Waals surface area contributed by atoms with Crippen LogP contribution >= 0.6 is 11.6 Å². The molecule has 0 aliphatic heterocycles. The van der Waals surface area contributed by atoms with Crippen LogP contribution in [0.1, 0.15) is 19.3 Å². The van der Waals surface area contributed by atoms with E-state index in [1.54, 1.807) is 6.33 Å². The van der Waals surface area contributed by atoms with E-state index in [0.29, 0.717) is 5.02 Å². The monoisotopic (exact) mass is 247 g/mol. The zero-order valence-electron chi connectivity index (χ0n) is 9.49. The molecule has 1 aromatic heterocycles. The minimum Gasteiger partial charge on any atom is -0.369 e. The van der Waals surface area contributed by atoms with Crippen LogP contribution in [0.4, 0.5) is 5.82 Å². The van der Waals surface area contributed by atoms with Crippen molar-refractivity contribution in [2.45, 2.75) is 19.3 Å². The van der Waals surface area contributed by atoms with Crippen LogP contribution in [0.3, 0.4) is 0 Å². The lowest BCUT2D eigenvalue weighted by molar-refractivity contribution is 0.759. The van der Waals surface area contributed by atoms with Crippen molar-refractivity contribution in [2.75, 3.05) is 11.9 Å². The summed E-state index contributed by atoms with van der Waals surface area (Å²) >= 11 is 5.94. The molecule has 2 aromatic rings. The molecule has 17 heavy (non-hydrogen) atoms. The first kappa shape index (κ1) is 10.8. The van der Waals surface area contributed by atoms with E-state index in [9.17, 15) is 0 Å². The van der Waals surface area contributed by atoms with Gasteiger partial charge in [-0.3, -0.25) is 0 Å². The molecule has 1 heterocycles. The van der Waals surface area contributed by atoms with Crippen molar-refractivity contribution in [2.24, 2.45) is 5.92 Å². The molecule has 1 fully saturated rings. The fourth-order valence-electron chi connectivity index (χ4n) is 1.97. The number of hydrogen-bond donors (Lipinski definition) is 1. The molecule has 0 radical (unpaired) electrons. The number of nitrogens with zero attached hydrogens (tertiary/aromatic N) is 2. The van der Waals surface area contributed by atoms with Gasteiger partial charge in [-0.05, 0) is 30.5 Å². The summed E-state index contributed by atoms with van der Waals surface area (Å²) in [5.74, 6) is 1.84. The molecule has 88 valence electrons. The van der Waals surface area contributed by atoms with Crippen LogP contribution in [-0.4, -0.2) is 16.5 Å². The Labute approximate surface area is 105 Å². The zero-order chi connectivity index (χ0) is 11.7. The lowest BCUT2D eigenvalue weighted by Crippen LogP contribution is -2.04. The summed E-state index contributed by atoms with van der Waals surface area (Å²) in [7, 11) is 0. The predicted octanol–water partition coefficient (Wildman–Crippen LogP) is 3.50. The number of halogens is 1. The van der Waals surface area contributed by atoms with Crippen LogP contribution in [-0.2, 0) is 0 Å². The van der Waals surface area contributed by atoms with E-state index >= 15 is 0 Å². The second-order valence-corrected chi connectivity index (χ2v) is 4.98. The van der Waals surface area contributed by atoms with Gasteiger partial charge in [0.15, 0.2) is 0 Å². The van der Waals surface area contributed by atoms with Crippen molar-refractivity contribution in [1.29, 1.82) is 0 Å². The third-order valence-electron chi connectivity index (χ3n) is 3.14. The topological polar surface area (TPSA) is 37.8 Å². The molecule has 3 rings (SSSR count). The molecule has 0 spiro atoms. The highest BCUT2D eigenvalue weighted by atomic mass is 35.5. The van der Waals surface area contributed by atoms with Crippen molar-refractivity contribution in [1.82, 2.24) is 9.97 Å². The molecule has 1 aliphatic carbocycles. The maximum atomic E-state index is 5.94. The van der Waals surface area contributed by atoms with Crippen LogP contribution in [0, 0.1) is 5.92 Å². The highest BCUT2D eigenvalue weighted by Gasteiger charge is 2.20. The first-order valence-corrected chi connectivity index (χ1v) is 6.35. The minimum absolute atomic E-state index is 0.708. The lowest BCUT2D eigenvalue weighted by Gasteiger charge is -2.07. The molecule has 0 amide bonds. The SMILES string of the molecule is Clc1ccc2c(NCCC3CC3)ncnc2c1. The quantitative estimate of drug-likeness (QED) is 0.899. The number of nitrogens with one attached hydrogen (secondary N) is 1. The number of hydrogen-bond acceptors (Lipinski definition) is 3. The molecule has 0 atom stereocenters. The summed E-state index contributed by atoms with van der Waals surface area (Å²) in [5, 5.41) is 5.13. The van der Waals surface area contributed by atoms with Crippen molar-refractivity contribution in [3.8, 4) is 0 Å². The van der Waals surface area contributed by atoms with Gasteiger partial charge in [0.2, 0.25) is 0 Å². The van der Waals surface area contributed by atoms with E-state index < -0.39 is 0 Å². The highest BCUT2D eigenvalue weighted by Crippen LogP contribution is 2.32. The molecule has 1 saturated carbocycles. The van der Waals surface area contributed by atoms with E-state index in [0.717, 1.165) is 29.2 Å². The molecule has 1 aliphatic rings. The van der Waals surface area contributed by atoms with Gasteiger partial charge >= 0.3 is 0 Å². The highest BCUT2D eigenvalue weighted by molar-refractivity contribution is 6.31. The molecule has 0 unspecified atom stereocenters. The summed E-state index contributed by atoms with van der Waals surface area (Å²) in [5.41, 5.74) is 0.890. The van der Waals surface area contributed by atoms with Gasteiger partial charge in [0, 0.05) is 17.0 Å². The maximum Gasteiger partial charge on any atom is 0.137 e. The molecule has 3 nitrogen and oxygen atoms in total. The Balaban J connectivity index is 1.81. The Bertz CT molecular complexity index is 537. The van der Waals surface area contributed by atoms with Crippen molar-refractivity contribution in [3.05, 3.63) is 29.5 Å². The molecule has 4 heteroatoms. The molecule has 1 N–H and O–H groups in total. The van der Waals surface area contributed by atoms with Crippen LogP contribution in [0.5, 0.6) is 0 Å². The van der Waals surface area contributed by atoms with E-state index in [1.165, 1.54) is 19.3 Å². The van der Waals surface area contributed by atoms with Gasteiger partial charge in [-0.25, -0.2) is 9.97 Å². The predicted molar refractivity (Wildman–Crippen MR) is 70.4 cm³/mol. The first-order valence-electron chi connectivity index (χ1n) is 5.97. The third kappa shape index (κ3) is 2.50. The van der Waals surface area contributed by atoms with Gasteiger partial charge in [0.05, 0.1) is 5.52 Å². The lowest BCUT2D eigenvalue weighted by atomic mass is 10.2. The first-order chi connectivity index (χ1) is 8.33. The molecule has 0 saturated heterocycles. The normalized spacial score (nSPS) is 15.1. The Hall–Kier alpha value is -1.35. The summed E-state index contributed by atoms with van der Waals surface area (Å²) in [6.07, 6.45) is 5.60. The average Bonchev–Trinajstić information content (AvgIpc) is 3.13. The molecular weight excluding hydrogens is 234 g/mol. The number of benzene rings is 1. The van der Waals surface area contributed by atoms with Crippen molar-refractivity contribution in [3.63, 3.8) is 0 Å². The summed E-state index contributed by atoms with van der Waals surface area (Å²) in [4.78, 5) is 8.51. The molecule has 1 aromatic carbocycles. The van der Waals surface area contributed by atoms with E-state index in [-0.39, 0.29) is 0 Å². The zero-order valence-corrected chi connectivity index (χ0v) is 10.2. The van der Waals surface area contributed by atoms with Gasteiger partial charge < -0.3 is 5.32 Å². The number of rotatable bonds is 4. The van der Waals surface area contributed by atoms with E-state index in [2.05, 4.69) is 15.3 Å². The van der Waals surface area contributed by atoms with Gasteiger partial charge in [-0.15, -0.1) is 0 Å². The van der Waals surface area contributed by atoms with Gasteiger partial charge in [0.1, 0.15) is 12.1 Å². The van der Waals surface area contributed by atoms with Gasteiger partial charge in [-0.2, -0.15) is 0 Å². The van der Waals surface area contributed by atoms with Crippen LogP contribution in [0.25, 0.3) is 10.9 Å². The molecular formula is C13H14ClN3. The van der Waals surface area contributed by atoms with Gasteiger partial charge in [-0.1, -0.05) is 24.4 Å². The summed E-state index contributed by atoms with van der Waals surface area (Å²) in [6, 6.07) is 5.71. The number of aromatic nitrogens is 2. The summed E-state index contributed by atoms with van der Waals surface area (Å²) in [6.45, 7) is 0.986. The summed E-state index contributed by atoms with van der Waals surface area (Å²) < 4.78 is 0. The second-order valence-electron chi connectivity index (χ2n) is 4.54. The standard InChI is InChI=1S/C13H14ClN3/c14-10-3-4-11-12(7-10)16-8-17-13(11)15-6-5-9-1-2-9/h3-4,7-9H,1-2,5-6H2,(H,15,16,17). The Morgan fingerprint density at radius 2 is 2.18 bits per heavy atom. The fraction of sp³-hybridized carbons (Fsp3) is 0.385. The number of anilines is 1. The Morgan fingerprint density at radius 1 is 1.29 bits per heavy atom. The smallest absolute Gasteiger partial charge is 0.137 e.